The molecule has 0 aliphatic carbocycles. The van der Waals surface area contributed by atoms with Gasteiger partial charge >= 0.3 is 6.03 Å². The summed E-state index contributed by atoms with van der Waals surface area (Å²) in [5.41, 5.74) is 0.936. The van der Waals surface area contributed by atoms with Gasteiger partial charge in [-0.25, -0.2) is 4.79 Å². The molecule has 3 aliphatic heterocycles. The second kappa shape index (κ2) is 8.84. The number of likely N-dealkylation sites (tertiary alicyclic amines) is 3. The lowest BCUT2D eigenvalue weighted by Crippen LogP contribution is -2.45. The van der Waals surface area contributed by atoms with Gasteiger partial charge in [0.1, 0.15) is 5.75 Å². The van der Waals surface area contributed by atoms with Gasteiger partial charge in [-0.15, -0.1) is 0 Å². The minimum absolute atomic E-state index is 0.00679. The molecular weight excluding hydrogens is 380 g/mol. The molecule has 3 amide bonds. The van der Waals surface area contributed by atoms with E-state index in [-0.39, 0.29) is 17.5 Å². The lowest BCUT2D eigenvalue weighted by Gasteiger charge is -2.39. The van der Waals surface area contributed by atoms with Crippen molar-refractivity contribution in [2.75, 3.05) is 51.7 Å². The maximum Gasteiger partial charge on any atom is 0.321 e. The Balaban J connectivity index is 1.29. The van der Waals surface area contributed by atoms with Crippen LogP contribution in [0, 0.1) is 5.41 Å². The second-order valence-electron chi connectivity index (χ2n) is 9.04. The number of hydrogen-bond acceptors (Lipinski definition) is 4. The standard InChI is InChI=1S/C23H34N4O3/c1-3-30-19-8-6-18(7-9-19)24-22(29)27-14-10-23(11-15-27)16-20(25(2)17-23)21(28)26-12-4-5-13-26/h6-9,20H,3-5,10-17H2,1-2H3,(H,24,29). The molecule has 1 aromatic rings. The van der Waals surface area contributed by atoms with Gasteiger partial charge in [0.25, 0.3) is 0 Å². The van der Waals surface area contributed by atoms with E-state index >= 15 is 0 Å². The van der Waals surface area contributed by atoms with E-state index in [0.29, 0.717) is 12.5 Å². The van der Waals surface area contributed by atoms with Gasteiger partial charge in [-0.05, 0) is 75.8 Å². The number of ether oxygens (including phenoxy) is 1. The summed E-state index contributed by atoms with van der Waals surface area (Å²) >= 11 is 0. The van der Waals surface area contributed by atoms with Crippen LogP contribution in [0.3, 0.4) is 0 Å². The monoisotopic (exact) mass is 414 g/mol. The Bertz CT molecular complexity index is 752. The highest BCUT2D eigenvalue weighted by atomic mass is 16.5. The second-order valence-corrected chi connectivity index (χ2v) is 9.04. The Kier molecular flexibility index (Phi) is 6.18. The topological polar surface area (TPSA) is 65.1 Å². The fourth-order valence-electron chi connectivity index (χ4n) is 5.24. The first-order valence-electron chi connectivity index (χ1n) is 11.3. The fraction of sp³-hybridized carbons (Fsp3) is 0.652. The lowest BCUT2D eigenvalue weighted by molar-refractivity contribution is -0.134. The maximum absolute atomic E-state index is 12.9. The van der Waals surface area contributed by atoms with Crippen LogP contribution < -0.4 is 10.1 Å². The summed E-state index contributed by atoms with van der Waals surface area (Å²) in [5.74, 6) is 1.11. The Labute approximate surface area is 179 Å². The zero-order chi connectivity index (χ0) is 21.1. The first kappa shape index (κ1) is 21.0. The number of amides is 3. The van der Waals surface area contributed by atoms with Gasteiger partial charge in [-0.1, -0.05) is 0 Å². The number of hydrogen-bond donors (Lipinski definition) is 1. The van der Waals surface area contributed by atoms with E-state index in [1.165, 1.54) is 0 Å². The molecule has 1 spiro atoms. The van der Waals surface area contributed by atoms with E-state index in [2.05, 4.69) is 17.3 Å². The van der Waals surface area contributed by atoms with E-state index in [4.69, 9.17) is 4.74 Å². The van der Waals surface area contributed by atoms with Gasteiger partial charge in [0.05, 0.1) is 12.6 Å². The van der Waals surface area contributed by atoms with Crippen LogP contribution in [0.4, 0.5) is 10.5 Å². The van der Waals surface area contributed by atoms with E-state index in [0.717, 1.165) is 76.3 Å². The minimum atomic E-state index is -0.0509. The molecule has 4 rings (SSSR count). The summed E-state index contributed by atoms with van der Waals surface area (Å²) < 4.78 is 5.45. The highest BCUT2D eigenvalue weighted by molar-refractivity contribution is 5.89. The fourth-order valence-corrected chi connectivity index (χ4v) is 5.24. The summed E-state index contributed by atoms with van der Waals surface area (Å²) in [6, 6.07) is 7.44. The number of rotatable bonds is 4. The van der Waals surface area contributed by atoms with Gasteiger partial charge in [-0.3, -0.25) is 9.69 Å². The number of carbonyl (C=O) groups is 2. The molecule has 30 heavy (non-hydrogen) atoms. The van der Waals surface area contributed by atoms with Crippen molar-refractivity contribution >= 4 is 17.6 Å². The third-order valence-electron chi connectivity index (χ3n) is 6.97. The highest BCUT2D eigenvalue weighted by Gasteiger charge is 2.48. The predicted octanol–water partition coefficient (Wildman–Crippen LogP) is 3.03. The maximum atomic E-state index is 12.9. The van der Waals surface area contributed by atoms with Crippen molar-refractivity contribution in [1.29, 1.82) is 0 Å². The number of carbonyl (C=O) groups excluding carboxylic acids is 2. The van der Waals surface area contributed by atoms with Gasteiger partial charge < -0.3 is 19.9 Å². The van der Waals surface area contributed by atoms with Crippen LogP contribution in [0.25, 0.3) is 0 Å². The molecule has 3 aliphatic rings. The van der Waals surface area contributed by atoms with Crippen LogP contribution in [-0.2, 0) is 4.79 Å². The number of nitrogens with zero attached hydrogens (tertiary/aromatic N) is 3. The summed E-state index contributed by atoms with van der Waals surface area (Å²) in [6.07, 6.45) is 5.10. The van der Waals surface area contributed by atoms with E-state index in [9.17, 15) is 9.59 Å². The molecule has 164 valence electrons. The Morgan fingerprint density at radius 2 is 1.73 bits per heavy atom. The molecule has 0 saturated carbocycles. The molecule has 1 atom stereocenters. The predicted molar refractivity (Wildman–Crippen MR) is 117 cm³/mol. The van der Waals surface area contributed by atoms with Crippen molar-refractivity contribution in [3.05, 3.63) is 24.3 Å². The number of urea groups is 1. The molecule has 7 nitrogen and oxygen atoms in total. The quantitative estimate of drug-likeness (QED) is 0.823. The van der Waals surface area contributed by atoms with Crippen molar-refractivity contribution in [2.24, 2.45) is 5.41 Å². The summed E-state index contributed by atoms with van der Waals surface area (Å²) in [4.78, 5) is 31.8. The Morgan fingerprint density at radius 3 is 2.37 bits per heavy atom. The molecule has 1 N–H and O–H groups in total. The number of benzene rings is 1. The van der Waals surface area contributed by atoms with E-state index < -0.39 is 0 Å². The van der Waals surface area contributed by atoms with Crippen molar-refractivity contribution < 1.29 is 14.3 Å². The smallest absolute Gasteiger partial charge is 0.321 e. The molecule has 3 heterocycles. The lowest BCUT2D eigenvalue weighted by atomic mass is 9.76. The summed E-state index contributed by atoms with van der Waals surface area (Å²) in [5, 5.41) is 2.99. The van der Waals surface area contributed by atoms with E-state index in [1.807, 2.05) is 41.0 Å². The van der Waals surface area contributed by atoms with Crippen molar-refractivity contribution in [1.82, 2.24) is 14.7 Å². The normalized spacial score (nSPS) is 23.7. The zero-order valence-corrected chi connectivity index (χ0v) is 18.2. The van der Waals surface area contributed by atoms with Crippen LogP contribution >= 0.6 is 0 Å². The largest absolute Gasteiger partial charge is 0.494 e. The Hall–Kier alpha value is -2.28. The molecule has 0 radical (unpaired) electrons. The van der Waals surface area contributed by atoms with Gasteiger partial charge in [0.15, 0.2) is 0 Å². The molecule has 1 aromatic carbocycles. The van der Waals surface area contributed by atoms with Crippen LogP contribution in [-0.4, -0.2) is 79.1 Å². The number of anilines is 1. The molecule has 7 heteroatoms. The van der Waals surface area contributed by atoms with Crippen LogP contribution in [0.5, 0.6) is 5.75 Å². The molecular formula is C23H34N4O3. The summed E-state index contributed by atoms with van der Waals surface area (Å²) in [6.45, 7) is 6.83. The van der Waals surface area contributed by atoms with E-state index in [1.54, 1.807) is 0 Å². The van der Waals surface area contributed by atoms with Crippen LogP contribution in [0.1, 0.15) is 39.0 Å². The molecule has 3 saturated heterocycles. The average Bonchev–Trinajstić information content (AvgIpc) is 3.38. The van der Waals surface area contributed by atoms with Gasteiger partial charge in [-0.2, -0.15) is 0 Å². The number of piperidine rings is 1. The SMILES string of the molecule is CCOc1ccc(NC(=O)N2CCC3(CC2)CC(C(=O)N2CCCC2)N(C)C3)cc1. The van der Waals surface area contributed by atoms with Crippen molar-refractivity contribution in [2.45, 2.75) is 45.1 Å². The number of nitrogens with one attached hydrogen (secondary N) is 1. The Morgan fingerprint density at radius 1 is 1.07 bits per heavy atom. The van der Waals surface area contributed by atoms with Crippen molar-refractivity contribution in [3.8, 4) is 5.75 Å². The summed E-state index contributed by atoms with van der Waals surface area (Å²) in [7, 11) is 2.08. The first-order chi connectivity index (χ1) is 14.5. The minimum Gasteiger partial charge on any atom is -0.494 e. The number of likely N-dealkylation sites (N-methyl/N-ethyl adjacent to an activating group) is 1. The van der Waals surface area contributed by atoms with Crippen LogP contribution in [0.15, 0.2) is 24.3 Å². The van der Waals surface area contributed by atoms with Crippen LogP contribution in [0.2, 0.25) is 0 Å². The third kappa shape index (κ3) is 4.41. The third-order valence-corrected chi connectivity index (χ3v) is 6.97. The molecule has 0 bridgehead atoms. The molecule has 0 aromatic heterocycles. The molecule has 3 fully saturated rings. The zero-order valence-electron chi connectivity index (χ0n) is 18.2. The molecule has 1 unspecified atom stereocenters. The van der Waals surface area contributed by atoms with Gasteiger partial charge in [0, 0.05) is 38.4 Å². The van der Waals surface area contributed by atoms with Crippen molar-refractivity contribution in [3.63, 3.8) is 0 Å². The van der Waals surface area contributed by atoms with Gasteiger partial charge in [0.2, 0.25) is 5.91 Å². The highest BCUT2D eigenvalue weighted by Crippen LogP contribution is 2.43. The average molecular weight is 415 g/mol. The first-order valence-corrected chi connectivity index (χ1v) is 11.3.